The number of hydrogen-bond acceptors (Lipinski definition) is 5. The molecular weight excluding hydrogens is 411 g/mol. The second-order valence-corrected chi connectivity index (χ2v) is 7.78. The summed E-state index contributed by atoms with van der Waals surface area (Å²) in [4.78, 5) is 20.4. The van der Waals surface area contributed by atoms with Crippen LogP contribution in [0.15, 0.2) is 48.6 Å². The van der Waals surface area contributed by atoms with Crippen molar-refractivity contribution in [1.82, 2.24) is 19.5 Å². The molecule has 2 aromatic heterocycles. The number of anilines is 2. The molecule has 2 amide bonds. The monoisotopic (exact) mass is 428 g/mol. The van der Waals surface area contributed by atoms with Gasteiger partial charge in [0.2, 0.25) is 0 Å². The Morgan fingerprint density at radius 3 is 2.93 bits per heavy atom. The average molecular weight is 429 g/mol. The number of benzene rings is 1. The normalized spacial score (nSPS) is 18.5. The van der Waals surface area contributed by atoms with Crippen LogP contribution in [0.1, 0.15) is 24.4 Å². The van der Waals surface area contributed by atoms with E-state index in [2.05, 4.69) is 15.3 Å². The highest BCUT2D eigenvalue weighted by molar-refractivity contribution is 6.30. The van der Waals surface area contributed by atoms with Gasteiger partial charge in [0.25, 0.3) is 0 Å². The van der Waals surface area contributed by atoms with Gasteiger partial charge in [-0.15, -0.1) is 0 Å². The Balaban J connectivity index is 1.44. The molecule has 0 unspecified atom stereocenters. The number of carbonyl (C=O) groups is 1. The standard InChI is InChI=1S/C20H18ClFN6O2/c21-13-6-12(7-14(22)8-13)17-2-1-4-27(17)18-3-5-28-19(25-18)16(9-23-28)24-20(30)26-10-15(29)11-26/h3,5-10,17,29H,1-2,4,11H2,(H,24,30)/t17-/m1/s1. The van der Waals surface area contributed by atoms with Crippen molar-refractivity contribution in [3.63, 3.8) is 0 Å². The Bertz CT molecular complexity index is 1160. The van der Waals surface area contributed by atoms with Gasteiger partial charge in [-0.3, -0.25) is 4.90 Å². The quantitative estimate of drug-likeness (QED) is 0.655. The van der Waals surface area contributed by atoms with Gasteiger partial charge in [0.15, 0.2) is 5.65 Å². The Morgan fingerprint density at radius 2 is 2.17 bits per heavy atom. The maximum atomic E-state index is 13.9. The van der Waals surface area contributed by atoms with Gasteiger partial charge in [0.05, 0.1) is 18.8 Å². The van der Waals surface area contributed by atoms with Crippen molar-refractivity contribution in [2.24, 2.45) is 0 Å². The first-order valence-electron chi connectivity index (χ1n) is 9.52. The van der Waals surface area contributed by atoms with Crippen LogP contribution in [0.25, 0.3) is 5.65 Å². The summed E-state index contributed by atoms with van der Waals surface area (Å²) in [5, 5.41) is 16.6. The van der Waals surface area contributed by atoms with Gasteiger partial charge in [-0.25, -0.2) is 18.7 Å². The number of amides is 2. The molecule has 0 aliphatic carbocycles. The summed E-state index contributed by atoms with van der Waals surface area (Å²) < 4.78 is 15.5. The third-order valence-electron chi connectivity index (χ3n) is 5.31. The molecule has 0 bridgehead atoms. The summed E-state index contributed by atoms with van der Waals surface area (Å²) >= 11 is 6.06. The molecule has 1 atom stereocenters. The molecule has 8 nitrogen and oxygen atoms in total. The lowest BCUT2D eigenvalue weighted by molar-refractivity contribution is 0.208. The van der Waals surface area contributed by atoms with Crippen molar-refractivity contribution in [3.8, 4) is 0 Å². The fourth-order valence-corrected chi connectivity index (χ4v) is 4.14. The zero-order valence-electron chi connectivity index (χ0n) is 15.8. The van der Waals surface area contributed by atoms with Crippen LogP contribution in [0.4, 0.5) is 20.7 Å². The molecular formula is C20H18ClFN6O2. The van der Waals surface area contributed by atoms with Crippen LogP contribution in [-0.2, 0) is 0 Å². The van der Waals surface area contributed by atoms with E-state index in [4.69, 9.17) is 16.6 Å². The zero-order chi connectivity index (χ0) is 20.8. The SMILES string of the molecule is O=C(Nc1cnn2ccc(N3CCC[C@@H]3c3cc(F)cc(Cl)c3)nc12)N1C=C(O)C1. The number of aromatic nitrogens is 3. The smallest absolute Gasteiger partial charge is 0.326 e. The second-order valence-electron chi connectivity index (χ2n) is 7.34. The summed E-state index contributed by atoms with van der Waals surface area (Å²) in [6.07, 6.45) is 6.47. The summed E-state index contributed by atoms with van der Waals surface area (Å²) in [7, 11) is 0. The van der Waals surface area contributed by atoms with E-state index < -0.39 is 0 Å². The number of aliphatic hydroxyl groups is 1. The number of urea groups is 1. The van der Waals surface area contributed by atoms with Crippen molar-refractivity contribution in [2.45, 2.75) is 18.9 Å². The first-order valence-corrected chi connectivity index (χ1v) is 9.90. The van der Waals surface area contributed by atoms with Crippen LogP contribution in [0.5, 0.6) is 0 Å². The highest BCUT2D eigenvalue weighted by atomic mass is 35.5. The molecule has 0 spiro atoms. The lowest BCUT2D eigenvalue weighted by Crippen LogP contribution is -2.38. The van der Waals surface area contributed by atoms with E-state index in [-0.39, 0.29) is 30.2 Å². The van der Waals surface area contributed by atoms with E-state index in [1.165, 1.54) is 29.4 Å². The summed E-state index contributed by atoms with van der Waals surface area (Å²) in [5.74, 6) is 0.505. The van der Waals surface area contributed by atoms with E-state index in [0.29, 0.717) is 22.2 Å². The lowest BCUT2D eigenvalue weighted by Gasteiger charge is -2.27. The fraction of sp³-hybridized carbons (Fsp3) is 0.250. The lowest BCUT2D eigenvalue weighted by atomic mass is 10.0. The van der Waals surface area contributed by atoms with Gasteiger partial charge < -0.3 is 15.3 Å². The zero-order valence-corrected chi connectivity index (χ0v) is 16.6. The van der Waals surface area contributed by atoms with Crippen LogP contribution in [-0.4, -0.2) is 43.7 Å². The Morgan fingerprint density at radius 1 is 1.33 bits per heavy atom. The van der Waals surface area contributed by atoms with E-state index >= 15 is 0 Å². The van der Waals surface area contributed by atoms with Crippen molar-refractivity contribution in [1.29, 1.82) is 0 Å². The predicted octanol–water partition coefficient (Wildman–Crippen LogP) is 4.11. The summed E-state index contributed by atoms with van der Waals surface area (Å²) in [6, 6.07) is 6.02. The molecule has 10 heteroatoms. The summed E-state index contributed by atoms with van der Waals surface area (Å²) in [5.41, 5.74) is 1.77. The molecule has 1 saturated heterocycles. The number of halogens is 2. The Labute approximate surface area is 176 Å². The molecule has 1 fully saturated rings. The molecule has 2 N–H and O–H groups in total. The van der Waals surface area contributed by atoms with Crippen LogP contribution in [0.3, 0.4) is 0 Å². The predicted molar refractivity (Wildman–Crippen MR) is 110 cm³/mol. The van der Waals surface area contributed by atoms with Crippen LogP contribution in [0, 0.1) is 5.82 Å². The summed E-state index contributed by atoms with van der Waals surface area (Å²) in [6.45, 7) is 0.949. The highest BCUT2D eigenvalue weighted by Gasteiger charge is 2.28. The molecule has 1 aromatic carbocycles. The van der Waals surface area contributed by atoms with Crippen molar-refractivity contribution in [2.75, 3.05) is 23.3 Å². The number of rotatable bonds is 3. The number of fused-ring (bicyclic) bond motifs is 1. The minimum absolute atomic E-state index is 0.0386. The third-order valence-corrected chi connectivity index (χ3v) is 5.53. The maximum Gasteiger partial charge on any atom is 0.326 e. The highest BCUT2D eigenvalue weighted by Crippen LogP contribution is 2.37. The van der Waals surface area contributed by atoms with Gasteiger partial charge >= 0.3 is 6.03 Å². The maximum absolute atomic E-state index is 13.9. The van der Waals surface area contributed by atoms with Crippen molar-refractivity contribution < 1.29 is 14.3 Å². The van der Waals surface area contributed by atoms with Gasteiger partial charge in [-0.05, 0) is 42.7 Å². The van der Waals surface area contributed by atoms with Crippen LogP contribution < -0.4 is 10.2 Å². The third kappa shape index (κ3) is 3.30. The second kappa shape index (κ2) is 7.17. The average Bonchev–Trinajstić information content (AvgIpc) is 3.32. The molecule has 2 aliphatic rings. The van der Waals surface area contributed by atoms with Gasteiger partial charge in [-0.1, -0.05) is 11.6 Å². The number of aliphatic hydroxyl groups excluding tert-OH is 1. The van der Waals surface area contributed by atoms with Crippen LogP contribution >= 0.6 is 11.6 Å². The van der Waals surface area contributed by atoms with E-state index in [9.17, 15) is 14.3 Å². The number of nitrogens with one attached hydrogen (secondary N) is 1. The largest absolute Gasteiger partial charge is 0.509 e. The number of carbonyl (C=O) groups excluding carboxylic acids is 1. The first kappa shape index (κ1) is 18.7. The molecule has 0 radical (unpaired) electrons. The van der Waals surface area contributed by atoms with E-state index in [1.807, 2.05) is 6.07 Å². The Hall–Kier alpha value is -3.33. The van der Waals surface area contributed by atoms with Crippen molar-refractivity contribution >= 4 is 34.8 Å². The fourth-order valence-electron chi connectivity index (χ4n) is 3.91. The molecule has 3 aromatic rings. The minimum atomic E-state index is -0.372. The first-order chi connectivity index (χ1) is 14.5. The van der Waals surface area contributed by atoms with Crippen LogP contribution in [0.2, 0.25) is 5.02 Å². The number of hydrogen-bond donors (Lipinski definition) is 2. The molecule has 30 heavy (non-hydrogen) atoms. The van der Waals surface area contributed by atoms with Gasteiger partial charge in [0.1, 0.15) is 23.1 Å². The van der Waals surface area contributed by atoms with Gasteiger partial charge in [0, 0.05) is 24.0 Å². The molecule has 2 aliphatic heterocycles. The van der Waals surface area contributed by atoms with Gasteiger partial charge in [-0.2, -0.15) is 5.10 Å². The molecule has 154 valence electrons. The Kier molecular flexibility index (Phi) is 4.47. The minimum Gasteiger partial charge on any atom is -0.509 e. The molecule has 4 heterocycles. The topological polar surface area (TPSA) is 86.0 Å². The number of nitrogens with zero attached hydrogens (tertiary/aromatic N) is 5. The molecule has 5 rings (SSSR count). The van der Waals surface area contributed by atoms with E-state index in [0.717, 1.165) is 24.9 Å². The molecule has 0 saturated carbocycles. The van der Waals surface area contributed by atoms with Crippen molar-refractivity contribution in [3.05, 3.63) is 65.0 Å². The van der Waals surface area contributed by atoms with E-state index in [1.54, 1.807) is 16.8 Å².